The smallest absolute Gasteiger partial charge is 0.270 e. The average molecular weight is 379 g/mol. The zero-order valence-electron chi connectivity index (χ0n) is 14.3. The minimum Gasteiger partial charge on any atom is -0.350 e. The van der Waals surface area contributed by atoms with Gasteiger partial charge in [0.15, 0.2) is 5.11 Å². The van der Waals surface area contributed by atoms with Gasteiger partial charge >= 0.3 is 0 Å². The van der Waals surface area contributed by atoms with E-state index in [0.717, 1.165) is 15.8 Å². The van der Waals surface area contributed by atoms with E-state index < -0.39 is 17.6 Å². The number of para-hydroxylation sites is 2. The molecule has 0 saturated carbocycles. The fraction of sp³-hybridized carbons (Fsp3) is 0.0500. The third kappa shape index (κ3) is 2.82. The van der Waals surface area contributed by atoms with Gasteiger partial charge in [-0.2, -0.15) is 0 Å². The van der Waals surface area contributed by atoms with Crippen molar-refractivity contribution in [3.8, 4) is 0 Å². The monoisotopic (exact) mass is 379 g/mol. The molecule has 1 saturated heterocycles. The molecule has 0 bridgehead atoms. The van der Waals surface area contributed by atoms with Gasteiger partial charge < -0.3 is 4.57 Å². The molecule has 4 rings (SSSR count). The number of nitrogens with zero attached hydrogens (tertiary/aromatic N) is 2. The Balaban J connectivity index is 1.83. The van der Waals surface area contributed by atoms with Gasteiger partial charge in [0.25, 0.3) is 11.8 Å². The van der Waals surface area contributed by atoms with Gasteiger partial charge in [-0.05, 0) is 36.5 Å². The molecule has 1 aromatic heterocycles. The van der Waals surface area contributed by atoms with Gasteiger partial charge in [0.2, 0.25) is 0 Å². The molecule has 1 aliphatic heterocycles. The van der Waals surface area contributed by atoms with Gasteiger partial charge in [0.1, 0.15) is 11.4 Å². The Bertz CT molecular complexity index is 1150. The number of thiocarbonyl (C=S) groups is 1. The largest absolute Gasteiger partial charge is 0.350 e. The van der Waals surface area contributed by atoms with Crippen LogP contribution in [0.2, 0.25) is 0 Å². The Morgan fingerprint density at radius 3 is 2.56 bits per heavy atom. The van der Waals surface area contributed by atoms with Crippen molar-refractivity contribution in [1.29, 1.82) is 0 Å². The topological polar surface area (TPSA) is 54.3 Å². The van der Waals surface area contributed by atoms with E-state index >= 15 is 0 Å². The lowest BCUT2D eigenvalue weighted by Crippen LogP contribution is -2.54. The maximum atomic E-state index is 14.2. The van der Waals surface area contributed by atoms with Crippen molar-refractivity contribution in [2.45, 2.75) is 0 Å². The molecule has 0 spiro atoms. The summed E-state index contributed by atoms with van der Waals surface area (Å²) in [5.74, 6) is -1.87. The van der Waals surface area contributed by atoms with E-state index in [1.807, 2.05) is 42.1 Å². The minimum absolute atomic E-state index is 0.00341. The SMILES string of the molecule is Cn1cc(/C=C2\C(=O)NC(=S)N(c3ccccc3F)C2=O)c2ccccc21. The number of amides is 2. The van der Waals surface area contributed by atoms with E-state index in [1.165, 1.54) is 24.3 Å². The van der Waals surface area contributed by atoms with Crippen LogP contribution in [0.4, 0.5) is 10.1 Å². The van der Waals surface area contributed by atoms with Gasteiger partial charge in [-0.25, -0.2) is 9.29 Å². The predicted molar refractivity (Wildman–Crippen MR) is 106 cm³/mol. The second-order valence-electron chi connectivity index (χ2n) is 6.12. The normalized spacial score (nSPS) is 16.3. The first-order chi connectivity index (χ1) is 13.0. The van der Waals surface area contributed by atoms with Crippen LogP contribution in [0.15, 0.2) is 60.3 Å². The van der Waals surface area contributed by atoms with Crippen LogP contribution in [0.25, 0.3) is 17.0 Å². The molecular formula is C20H14FN3O2S. The van der Waals surface area contributed by atoms with Gasteiger partial charge in [-0.3, -0.25) is 14.9 Å². The Labute approximate surface area is 159 Å². The van der Waals surface area contributed by atoms with Crippen LogP contribution in [0.3, 0.4) is 0 Å². The van der Waals surface area contributed by atoms with Crippen molar-refractivity contribution in [1.82, 2.24) is 9.88 Å². The van der Waals surface area contributed by atoms with E-state index in [-0.39, 0.29) is 16.4 Å². The molecular weight excluding hydrogens is 365 g/mol. The predicted octanol–water partition coefficient (Wildman–Crippen LogP) is 3.15. The van der Waals surface area contributed by atoms with Crippen molar-refractivity contribution in [2.75, 3.05) is 4.90 Å². The molecule has 2 aromatic carbocycles. The van der Waals surface area contributed by atoms with E-state index in [9.17, 15) is 14.0 Å². The molecule has 7 heteroatoms. The number of halogens is 1. The van der Waals surface area contributed by atoms with Crippen molar-refractivity contribution in [2.24, 2.45) is 7.05 Å². The summed E-state index contributed by atoms with van der Waals surface area (Å²) in [6.45, 7) is 0. The van der Waals surface area contributed by atoms with Crippen LogP contribution in [0.1, 0.15) is 5.56 Å². The molecule has 0 aliphatic carbocycles. The number of aryl methyl sites for hydroxylation is 1. The number of anilines is 1. The number of hydrogen-bond donors (Lipinski definition) is 1. The highest BCUT2D eigenvalue weighted by Gasteiger charge is 2.35. The summed E-state index contributed by atoms with van der Waals surface area (Å²) < 4.78 is 16.1. The summed E-state index contributed by atoms with van der Waals surface area (Å²) in [5, 5.41) is 3.22. The average Bonchev–Trinajstić information content (AvgIpc) is 2.96. The number of benzene rings is 2. The molecule has 2 heterocycles. The first-order valence-corrected chi connectivity index (χ1v) is 8.58. The van der Waals surface area contributed by atoms with Gasteiger partial charge in [0.05, 0.1) is 5.69 Å². The second kappa shape index (κ2) is 6.44. The standard InChI is InChI=1S/C20H14FN3O2S/c1-23-11-12(13-6-2-4-8-16(13)23)10-14-18(25)22-20(27)24(19(14)26)17-9-5-3-7-15(17)21/h2-11H,1H3,(H,22,25,27)/b14-10+. The van der Waals surface area contributed by atoms with Crippen LogP contribution < -0.4 is 10.2 Å². The molecule has 5 nitrogen and oxygen atoms in total. The molecule has 1 aliphatic rings. The zero-order valence-corrected chi connectivity index (χ0v) is 15.1. The Morgan fingerprint density at radius 2 is 1.78 bits per heavy atom. The highest BCUT2D eigenvalue weighted by Crippen LogP contribution is 2.27. The van der Waals surface area contributed by atoms with Crippen LogP contribution in [-0.4, -0.2) is 21.5 Å². The minimum atomic E-state index is -0.665. The first kappa shape index (κ1) is 17.1. The molecule has 1 N–H and O–H groups in total. The molecule has 0 atom stereocenters. The first-order valence-electron chi connectivity index (χ1n) is 8.17. The molecule has 0 unspecified atom stereocenters. The summed E-state index contributed by atoms with van der Waals surface area (Å²) in [6, 6.07) is 13.4. The van der Waals surface area contributed by atoms with Gasteiger partial charge in [-0.1, -0.05) is 30.3 Å². The number of carbonyl (C=O) groups excluding carboxylic acids is 2. The molecule has 1 fully saturated rings. The van der Waals surface area contributed by atoms with Crippen molar-refractivity contribution < 1.29 is 14.0 Å². The van der Waals surface area contributed by atoms with E-state index in [1.54, 1.807) is 6.07 Å². The van der Waals surface area contributed by atoms with Gasteiger partial charge in [-0.15, -0.1) is 0 Å². The molecule has 134 valence electrons. The fourth-order valence-electron chi connectivity index (χ4n) is 3.15. The lowest BCUT2D eigenvalue weighted by atomic mass is 10.1. The van der Waals surface area contributed by atoms with Crippen molar-refractivity contribution in [3.63, 3.8) is 0 Å². The summed E-state index contributed by atoms with van der Waals surface area (Å²) in [5.41, 5.74) is 1.57. The number of hydrogen-bond acceptors (Lipinski definition) is 3. The van der Waals surface area contributed by atoms with Crippen LogP contribution in [-0.2, 0) is 16.6 Å². The Kier molecular flexibility index (Phi) is 4.08. The van der Waals surface area contributed by atoms with E-state index in [0.29, 0.717) is 5.56 Å². The number of rotatable bonds is 2. The lowest BCUT2D eigenvalue weighted by molar-refractivity contribution is -0.122. The number of fused-ring (bicyclic) bond motifs is 1. The molecule has 0 radical (unpaired) electrons. The summed E-state index contributed by atoms with van der Waals surface area (Å²) in [4.78, 5) is 26.4. The third-order valence-corrected chi connectivity index (χ3v) is 4.71. The quantitative estimate of drug-likeness (QED) is 0.423. The summed E-state index contributed by atoms with van der Waals surface area (Å²) in [7, 11) is 1.88. The maximum Gasteiger partial charge on any atom is 0.270 e. The van der Waals surface area contributed by atoms with Crippen LogP contribution >= 0.6 is 12.2 Å². The van der Waals surface area contributed by atoms with Crippen LogP contribution in [0.5, 0.6) is 0 Å². The fourth-order valence-corrected chi connectivity index (χ4v) is 3.43. The zero-order chi connectivity index (χ0) is 19.1. The highest BCUT2D eigenvalue weighted by molar-refractivity contribution is 7.80. The summed E-state index contributed by atoms with van der Waals surface area (Å²) >= 11 is 5.10. The van der Waals surface area contributed by atoms with Crippen LogP contribution in [0, 0.1) is 5.82 Å². The second-order valence-corrected chi connectivity index (χ2v) is 6.51. The van der Waals surface area contributed by atoms with E-state index in [4.69, 9.17) is 12.2 Å². The molecule has 2 amide bonds. The Hall–Kier alpha value is -3.32. The lowest BCUT2D eigenvalue weighted by Gasteiger charge is -2.29. The highest BCUT2D eigenvalue weighted by atomic mass is 32.1. The molecule has 3 aromatic rings. The van der Waals surface area contributed by atoms with Crippen molar-refractivity contribution >= 4 is 51.8 Å². The number of carbonyl (C=O) groups is 2. The molecule has 27 heavy (non-hydrogen) atoms. The Morgan fingerprint density at radius 1 is 1.07 bits per heavy atom. The number of aromatic nitrogens is 1. The van der Waals surface area contributed by atoms with Gasteiger partial charge in [0, 0.05) is 29.7 Å². The summed E-state index contributed by atoms with van der Waals surface area (Å²) in [6.07, 6.45) is 3.34. The maximum absolute atomic E-state index is 14.2. The van der Waals surface area contributed by atoms with E-state index in [2.05, 4.69) is 5.32 Å². The third-order valence-electron chi connectivity index (χ3n) is 4.42. The number of nitrogens with one attached hydrogen (secondary N) is 1. The van der Waals surface area contributed by atoms with Crippen molar-refractivity contribution in [3.05, 3.63) is 71.7 Å².